The number of aromatic nitrogens is 1. The van der Waals surface area contributed by atoms with Crippen LogP contribution in [0.25, 0.3) is 21.3 Å². The standard InChI is InChI=1S/C19H20ClN3O2S/c1-23(12-8-21-9-12)18-15(5-11(20)6-17(18)25-2)14-3-4-22-16-7-13(10-24)26-19(14)16/h3-7,12,21,24H,8-10H2,1-2H3. The maximum atomic E-state index is 9.51. The summed E-state index contributed by atoms with van der Waals surface area (Å²) in [4.78, 5) is 7.60. The number of likely N-dealkylation sites (N-methyl/N-ethyl adjacent to an activating group) is 1. The number of hydrogen-bond donors (Lipinski definition) is 2. The second-order valence-corrected chi connectivity index (χ2v) is 7.94. The molecular formula is C19H20ClN3O2S. The first-order valence-electron chi connectivity index (χ1n) is 8.42. The van der Waals surface area contributed by atoms with Gasteiger partial charge in [0.05, 0.1) is 35.7 Å². The molecule has 0 spiro atoms. The Morgan fingerprint density at radius 2 is 2.15 bits per heavy atom. The Hall–Kier alpha value is -1.86. The minimum absolute atomic E-state index is 0.0137. The Balaban J connectivity index is 1.96. The highest BCUT2D eigenvalue weighted by atomic mass is 35.5. The number of rotatable bonds is 5. The fourth-order valence-electron chi connectivity index (χ4n) is 3.31. The summed E-state index contributed by atoms with van der Waals surface area (Å²) in [6.07, 6.45) is 1.80. The summed E-state index contributed by atoms with van der Waals surface area (Å²) in [5, 5.41) is 13.5. The zero-order valence-electron chi connectivity index (χ0n) is 14.6. The van der Waals surface area contributed by atoms with Crippen molar-refractivity contribution in [2.45, 2.75) is 12.6 Å². The number of halogens is 1. The Bertz CT molecular complexity index is 955. The molecule has 2 aromatic heterocycles. The molecule has 4 rings (SSSR count). The molecule has 7 heteroatoms. The fraction of sp³-hybridized carbons (Fsp3) is 0.316. The molecule has 1 aliphatic heterocycles. The van der Waals surface area contributed by atoms with Gasteiger partial charge < -0.3 is 20.1 Å². The Kier molecular flexibility index (Phi) is 4.75. The van der Waals surface area contributed by atoms with Gasteiger partial charge in [-0.1, -0.05) is 11.6 Å². The fourth-order valence-corrected chi connectivity index (χ4v) is 4.52. The van der Waals surface area contributed by atoms with E-state index in [0.29, 0.717) is 11.1 Å². The summed E-state index contributed by atoms with van der Waals surface area (Å²) >= 11 is 7.96. The average Bonchev–Trinajstić information content (AvgIpc) is 3.02. The summed E-state index contributed by atoms with van der Waals surface area (Å²) in [7, 11) is 3.76. The van der Waals surface area contributed by atoms with Crippen molar-refractivity contribution in [1.29, 1.82) is 0 Å². The van der Waals surface area contributed by atoms with Gasteiger partial charge in [-0.25, -0.2) is 0 Å². The first-order chi connectivity index (χ1) is 12.6. The van der Waals surface area contributed by atoms with Gasteiger partial charge >= 0.3 is 0 Å². The summed E-state index contributed by atoms with van der Waals surface area (Å²) in [6, 6.07) is 8.19. The van der Waals surface area contributed by atoms with Gasteiger partial charge in [-0.3, -0.25) is 4.98 Å². The number of methoxy groups -OCH3 is 1. The van der Waals surface area contributed by atoms with Gasteiger partial charge in [0.15, 0.2) is 0 Å². The van der Waals surface area contributed by atoms with Crippen LogP contribution in [0.5, 0.6) is 5.75 Å². The molecule has 0 atom stereocenters. The molecule has 0 radical (unpaired) electrons. The molecule has 1 fully saturated rings. The monoisotopic (exact) mass is 389 g/mol. The third-order valence-electron chi connectivity index (χ3n) is 4.83. The van der Waals surface area contributed by atoms with E-state index in [1.807, 2.05) is 24.3 Å². The third-order valence-corrected chi connectivity index (χ3v) is 6.19. The van der Waals surface area contributed by atoms with Crippen LogP contribution < -0.4 is 15.0 Å². The molecule has 136 valence electrons. The molecule has 3 aromatic rings. The van der Waals surface area contributed by atoms with Crippen LogP contribution in [0.15, 0.2) is 30.5 Å². The molecule has 26 heavy (non-hydrogen) atoms. The lowest BCUT2D eigenvalue weighted by molar-refractivity contribution is 0.285. The number of fused-ring (bicyclic) bond motifs is 1. The molecule has 1 saturated heterocycles. The van der Waals surface area contributed by atoms with Crippen LogP contribution in [0.4, 0.5) is 5.69 Å². The quantitative estimate of drug-likeness (QED) is 0.699. The number of ether oxygens (including phenoxy) is 1. The Labute approximate surface area is 161 Å². The SMILES string of the molecule is COc1cc(Cl)cc(-c2ccnc3cc(CO)sc23)c1N(C)C1CNC1. The van der Waals surface area contributed by atoms with E-state index in [9.17, 15) is 5.11 Å². The van der Waals surface area contributed by atoms with Gasteiger partial charge in [0.1, 0.15) is 5.75 Å². The van der Waals surface area contributed by atoms with Crippen LogP contribution in [0.3, 0.4) is 0 Å². The minimum atomic E-state index is 0.0137. The number of nitrogens with zero attached hydrogens (tertiary/aromatic N) is 2. The van der Waals surface area contributed by atoms with Crippen LogP contribution in [-0.2, 0) is 6.61 Å². The van der Waals surface area contributed by atoms with Crippen molar-refractivity contribution in [3.63, 3.8) is 0 Å². The van der Waals surface area contributed by atoms with Crippen LogP contribution in [0.2, 0.25) is 5.02 Å². The van der Waals surface area contributed by atoms with Gasteiger partial charge in [0.25, 0.3) is 0 Å². The van der Waals surface area contributed by atoms with E-state index in [0.717, 1.165) is 50.7 Å². The second kappa shape index (κ2) is 7.04. The lowest BCUT2D eigenvalue weighted by atomic mass is 10.0. The van der Waals surface area contributed by atoms with Gasteiger partial charge in [-0.2, -0.15) is 0 Å². The second-order valence-electron chi connectivity index (χ2n) is 6.37. The highest BCUT2D eigenvalue weighted by Gasteiger charge is 2.27. The Morgan fingerprint density at radius 1 is 1.35 bits per heavy atom. The highest BCUT2D eigenvalue weighted by molar-refractivity contribution is 7.19. The van der Waals surface area contributed by atoms with Crippen molar-refractivity contribution in [2.75, 3.05) is 32.1 Å². The molecule has 1 aromatic carbocycles. The van der Waals surface area contributed by atoms with Crippen LogP contribution in [-0.4, -0.2) is 43.4 Å². The predicted molar refractivity (Wildman–Crippen MR) is 108 cm³/mol. The van der Waals surface area contributed by atoms with E-state index in [-0.39, 0.29) is 6.61 Å². The van der Waals surface area contributed by atoms with Crippen molar-refractivity contribution in [1.82, 2.24) is 10.3 Å². The van der Waals surface area contributed by atoms with E-state index in [2.05, 4.69) is 22.2 Å². The van der Waals surface area contributed by atoms with Crippen molar-refractivity contribution in [3.05, 3.63) is 40.4 Å². The van der Waals surface area contributed by atoms with E-state index in [1.54, 1.807) is 24.6 Å². The Morgan fingerprint density at radius 3 is 2.81 bits per heavy atom. The molecule has 0 saturated carbocycles. The van der Waals surface area contributed by atoms with E-state index in [4.69, 9.17) is 16.3 Å². The van der Waals surface area contributed by atoms with Crippen LogP contribution in [0.1, 0.15) is 4.88 Å². The topological polar surface area (TPSA) is 57.6 Å². The van der Waals surface area contributed by atoms with Gasteiger partial charge in [-0.05, 0) is 18.2 Å². The molecule has 0 aliphatic carbocycles. The molecule has 0 bridgehead atoms. The number of benzene rings is 1. The summed E-state index contributed by atoms with van der Waals surface area (Å²) in [5.74, 6) is 0.755. The van der Waals surface area contributed by atoms with Gasteiger partial charge in [0.2, 0.25) is 0 Å². The number of hydrogen-bond acceptors (Lipinski definition) is 6. The first-order valence-corrected chi connectivity index (χ1v) is 9.61. The molecule has 2 N–H and O–H groups in total. The van der Waals surface area contributed by atoms with E-state index in [1.165, 1.54) is 0 Å². The molecule has 0 amide bonds. The number of thiophene rings is 1. The van der Waals surface area contributed by atoms with Crippen molar-refractivity contribution >= 4 is 38.8 Å². The normalized spacial score (nSPS) is 14.5. The summed E-state index contributed by atoms with van der Waals surface area (Å²) in [6.45, 7) is 1.90. The third kappa shape index (κ3) is 2.93. The zero-order valence-corrected chi connectivity index (χ0v) is 16.2. The largest absolute Gasteiger partial charge is 0.495 e. The van der Waals surface area contributed by atoms with Gasteiger partial charge in [0, 0.05) is 53.4 Å². The van der Waals surface area contributed by atoms with E-state index < -0.39 is 0 Å². The number of anilines is 1. The lowest BCUT2D eigenvalue weighted by Crippen LogP contribution is -2.56. The zero-order chi connectivity index (χ0) is 18.3. The minimum Gasteiger partial charge on any atom is -0.495 e. The number of pyridine rings is 1. The smallest absolute Gasteiger partial charge is 0.144 e. The molecule has 3 heterocycles. The molecule has 5 nitrogen and oxygen atoms in total. The molecule has 0 unspecified atom stereocenters. The molecule has 1 aliphatic rings. The summed E-state index contributed by atoms with van der Waals surface area (Å²) < 4.78 is 6.71. The van der Waals surface area contributed by atoms with Gasteiger partial charge in [-0.15, -0.1) is 11.3 Å². The number of nitrogens with one attached hydrogen (secondary N) is 1. The van der Waals surface area contributed by atoms with Crippen molar-refractivity contribution < 1.29 is 9.84 Å². The van der Waals surface area contributed by atoms with Crippen molar-refractivity contribution in [2.24, 2.45) is 0 Å². The van der Waals surface area contributed by atoms with E-state index >= 15 is 0 Å². The maximum absolute atomic E-state index is 9.51. The lowest BCUT2D eigenvalue weighted by Gasteiger charge is -2.38. The van der Waals surface area contributed by atoms with Crippen LogP contribution in [0, 0.1) is 0 Å². The highest BCUT2D eigenvalue weighted by Crippen LogP contribution is 2.45. The molecular weight excluding hydrogens is 370 g/mol. The number of aliphatic hydroxyl groups excluding tert-OH is 1. The summed E-state index contributed by atoms with van der Waals surface area (Å²) in [5.41, 5.74) is 3.97. The van der Waals surface area contributed by atoms with Crippen molar-refractivity contribution in [3.8, 4) is 16.9 Å². The maximum Gasteiger partial charge on any atom is 0.144 e. The van der Waals surface area contributed by atoms with Crippen LogP contribution >= 0.6 is 22.9 Å². The average molecular weight is 390 g/mol. The first kappa shape index (κ1) is 17.5. The number of aliphatic hydroxyl groups is 1. The predicted octanol–water partition coefficient (Wildman–Crippen LogP) is 3.53.